The highest BCUT2D eigenvalue weighted by atomic mass is 14.8. The first-order valence-corrected chi connectivity index (χ1v) is 3.93. The summed E-state index contributed by atoms with van der Waals surface area (Å²) in [7, 11) is 0. The van der Waals surface area contributed by atoms with Gasteiger partial charge in [0.15, 0.2) is 0 Å². The first-order valence-electron chi connectivity index (χ1n) is 3.93. The van der Waals surface area contributed by atoms with Crippen LogP contribution >= 0.6 is 0 Å². The summed E-state index contributed by atoms with van der Waals surface area (Å²) in [6.07, 6.45) is 3.54. The fourth-order valence-electron chi connectivity index (χ4n) is 1.13. The zero-order valence-corrected chi connectivity index (χ0v) is 7.04. The van der Waals surface area contributed by atoms with Crippen LogP contribution in [-0.2, 0) is 6.42 Å². The topological polar surface area (TPSA) is 62.7 Å². The van der Waals surface area contributed by atoms with Crippen molar-refractivity contribution < 1.29 is 0 Å². The summed E-state index contributed by atoms with van der Waals surface area (Å²) in [6, 6.07) is 3.91. The summed E-state index contributed by atoms with van der Waals surface area (Å²) in [4.78, 5) is 3.85. The van der Waals surface area contributed by atoms with Gasteiger partial charge in [0.25, 0.3) is 0 Å². The van der Waals surface area contributed by atoms with Crippen molar-refractivity contribution in [3.8, 4) is 6.07 Å². The molecule has 0 aliphatic heterocycles. The maximum Gasteiger partial charge on any atom is 0.141 e. The largest absolute Gasteiger partial charge is 0.383 e. The molecule has 0 aliphatic rings. The van der Waals surface area contributed by atoms with Gasteiger partial charge in [0.05, 0.1) is 5.56 Å². The van der Waals surface area contributed by atoms with Crippen molar-refractivity contribution in [1.29, 1.82) is 5.26 Å². The lowest BCUT2D eigenvalue weighted by Gasteiger charge is -2.02. The van der Waals surface area contributed by atoms with Crippen LogP contribution in [-0.4, -0.2) is 4.98 Å². The van der Waals surface area contributed by atoms with E-state index in [1.807, 2.05) is 6.07 Å². The van der Waals surface area contributed by atoms with Crippen LogP contribution in [0.4, 0.5) is 5.82 Å². The molecule has 0 saturated heterocycles. The highest BCUT2D eigenvalue weighted by Gasteiger charge is 2.04. The zero-order valence-electron chi connectivity index (χ0n) is 7.04. The maximum absolute atomic E-state index is 8.76. The van der Waals surface area contributed by atoms with Gasteiger partial charge in [-0.2, -0.15) is 5.26 Å². The Morgan fingerprint density at radius 1 is 1.67 bits per heavy atom. The molecule has 0 radical (unpaired) electrons. The minimum atomic E-state index is 0.337. The van der Waals surface area contributed by atoms with Gasteiger partial charge in [0, 0.05) is 6.20 Å². The summed E-state index contributed by atoms with van der Waals surface area (Å²) in [5.74, 6) is 0.337. The van der Waals surface area contributed by atoms with Gasteiger partial charge in [-0.3, -0.25) is 0 Å². The van der Waals surface area contributed by atoms with Crippen molar-refractivity contribution >= 4 is 5.82 Å². The van der Waals surface area contributed by atoms with Crippen molar-refractivity contribution in [2.75, 3.05) is 5.73 Å². The molecule has 1 aromatic rings. The highest BCUT2D eigenvalue weighted by molar-refractivity contribution is 5.52. The van der Waals surface area contributed by atoms with E-state index in [0.717, 1.165) is 18.4 Å². The summed E-state index contributed by atoms with van der Waals surface area (Å²) in [5.41, 5.74) is 7.05. The molecule has 0 spiro atoms. The number of nitriles is 1. The van der Waals surface area contributed by atoms with Gasteiger partial charge in [-0.25, -0.2) is 4.98 Å². The molecule has 3 nitrogen and oxygen atoms in total. The molecule has 0 atom stereocenters. The van der Waals surface area contributed by atoms with Crippen molar-refractivity contribution in [2.45, 2.75) is 19.8 Å². The van der Waals surface area contributed by atoms with E-state index < -0.39 is 0 Å². The molecule has 1 heterocycles. The molecule has 2 N–H and O–H groups in total. The normalized spacial score (nSPS) is 9.33. The Balaban J connectivity index is 3.11. The fourth-order valence-corrected chi connectivity index (χ4v) is 1.13. The number of rotatable bonds is 2. The Morgan fingerprint density at radius 3 is 3.00 bits per heavy atom. The Bertz CT molecular complexity index is 312. The zero-order chi connectivity index (χ0) is 8.97. The molecule has 1 rings (SSSR count). The third-order valence-corrected chi connectivity index (χ3v) is 1.70. The number of pyridine rings is 1. The van der Waals surface area contributed by atoms with E-state index in [1.165, 1.54) is 0 Å². The maximum atomic E-state index is 8.76. The van der Waals surface area contributed by atoms with E-state index in [1.54, 1.807) is 6.20 Å². The van der Waals surface area contributed by atoms with Gasteiger partial charge in [-0.15, -0.1) is 0 Å². The average Bonchev–Trinajstić information content (AvgIpc) is 2.05. The SMILES string of the molecule is CCCc1ccnc(N)c1C#N. The minimum absolute atomic E-state index is 0.337. The van der Waals surface area contributed by atoms with Gasteiger partial charge in [-0.1, -0.05) is 13.3 Å². The monoisotopic (exact) mass is 161 g/mol. The summed E-state index contributed by atoms with van der Waals surface area (Å²) < 4.78 is 0. The van der Waals surface area contributed by atoms with Gasteiger partial charge >= 0.3 is 0 Å². The van der Waals surface area contributed by atoms with Crippen LogP contribution in [0.15, 0.2) is 12.3 Å². The minimum Gasteiger partial charge on any atom is -0.383 e. The number of aromatic nitrogens is 1. The summed E-state index contributed by atoms with van der Waals surface area (Å²) in [6.45, 7) is 2.07. The number of anilines is 1. The Hall–Kier alpha value is -1.56. The predicted octanol–water partition coefficient (Wildman–Crippen LogP) is 1.49. The number of nitrogens with zero attached hydrogens (tertiary/aromatic N) is 2. The van der Waals surface area contributed by atoms with Crippen LogP contribution in [0, 0.1) is 11.3 Å². The van der Waals surface area contributed by atoms with Gasteiger partial charge in [-0.05, 0) is 18.1 Å². The molecule has 3 heteroatoms. The molecule has 0 fully saturated rings. The van der Waals surface area contributed by atoms with Crippen LogP contribution in [0.5, 0.6) is 0 Å². The predicted molar refractivity (Wildman–Crippen MR) is 47.4 cm³/mol. The molecule has 0 bridgehead atoms. The number of hydrogen-bond acceptors (Lipinski definition) is 3. The second kappa shape index (κ2) is 3.72. The standard InChI is InChI=1S/C9H11N3/c1-2-3-7-4-5-12-9(11)8(7)6-10/h4-5H,2-3H2,1H3,(H2,11,12). The smallest absolute Gasteiger partial charge is 0.141 e. The van der Waals surface area contributed by atoms with Gasteiger partial charge < -0.3 is 5.73 Å². The van der Waals surface area contributed by atoms with E-state index in [9.17, 15) is 0 Å². The third kappa shape index (κ3) is 1.54. The second-order valence-electron chi connectivity index (χ2n) is 2.59. The van der Waals surface area contributed by atoms with Crippen molar-refractivity contribution in [1.82, 2.24) is 4.98 Å². The first-order chi connectivity index (χ1) is 5.79. The van der Waals surface area contributed by atoms with E-state index in [4.69, 9.17) is 11.0 Å². The van der Waals surface area contributed by atoms with E-state index >= 15 is 0 Å². The molecule has 62 valence electrons. The first kappa shape index (κ1) is 8.54. The Morgan fingerprint density at radius 2 is 2.42 bits per heavy atom. The van der Waals surface area contributed by atoms with Crippen LogP contribution in [0.2, 0.25) is 0 Å². The number of aryl methyl sites for hydroxylation is 1. The Labute approximate surface area is 71.8 Å². The lowest BCUT2D eigenvalue weighted by molar-refractivity contribution is 0.915. The van der Waals surface area contributed by atoms with Crippen molar-refractivity contribution in [3.63, 3.8) is 0 Å². The van der Waals surface area contributed by atoms with Gasteiger partial charge in [0.2, 0.25) is 0 Å². The third-order valence-electron chi connectivity index (χ3n) is 1.70. The lowest BCUT2D eigenvalue weighted by Crippen LogP contribution is -1.98. The quantitative estimate of drug-likeness (QED) is 0.714. The molecule has 0 amide bonds. The Kier molecular flexibility index (Phi) is 2.65. The fraction of sp³-hybridized carbons (Fsp3) is 0.333. The summed E-state index contributed by atoms with van der Waals surface area (Å²) >= 11 is 0. The van der Waals surface area contributed by atoms with Crippen LogP contribution < -0.4 is 5.73 Å². The van der Waals surface area contributed by atoms with E-state index in [2.05, 4.69) is 18.0 Å². The molecular weight excluding hydrogens is 150 g/mol. The number of hydrogen-bond donors (Lipinski definition) is 1. The lowest BCUT2D eigenvalue weighted by atomic mass is 10.1. The second-order valence-corrected chi connectivity index (χ2v) is 2.59. The molecule has 0 aliphatic carbocycles. The van der Waals surface area contributed by atoms with E-state index in [-0.39, 0.29) is 0 Å². The van der Waals surface area contributed by atoms with Crippen LogP contribution in [0.3, 0.4) is 0 Å². The summed E-state index contributed by atoms with van der Waals surface area (Å²) in [5, 5.41) is 8.76. The van der Waals surface area contributed by atoms with Crippen molar-refractivity contribution in [3.05, 3.63) is 23.4 Å². The van der Waals surface area contributed by atoms with Crippen molar-refractivity contribution in [2.24, 2.45) is 0 Å². The molecular formula is C9H11N3. The number of nitrogens with two attached hydrogens (primary N) is 1. The average molecular weight is 161 g/mol. The molecule has 0 aromatic carbocycles. The highest BCUT2D eigenvalue weighted by Crippen LogP contribution is 2.14. The molecule has 1 aromatic heterocycles. The van der Waals surface area contributed by atoms with Gasteiger partial charge in [0.1, 0.15) is 11.9 Å². The van der Waals surface area contributed by atoms with Crippen LogP contribution in [0.1, 0.15) is 24.5 Å². The van der Waals surface area contributed by atoms with Crippen LogP contribution in [0.25, 0.3) is 0 Å². The number of nitrogen functional groups attached to an aromatic ring is 1. The molecule has 12 heavy (non-hydrogen) atoms. The van der Waals surface area contributed by atoms with E-state index in [0.29, 0.717) is 11.4 Å². The molecule has 0 unspecified atom stereocenters. The molecule has 0 saturated carbocycles.